The second-order valence-corrected chi connectivity index (χ2v) is 5.89. The molecule has 0 saturated heterocycles. The van der Waals surface area contributed by atoms with Crippen LogP contribution < -0.4 is 0 Å². The maximum absolute atomic E-state index is 5.97. The topological polar surface area (TPSA) is 17.8 Å². The highest BCUT2D eigenvalue weighted by Crippen LogP contribution is 2.25. The van der Waals surface area contributed by atoms with Crippen LogP contribution >= 0.6 is 11.6 Å². The summed E-state index contributed by atoms with van der Waals surface area (Å²) in [5.41, 5.74) is 7.17. The van der Waals surface area contributed by atoms with Crippen molar-refractivity contribution in [2.24, 2.45) is 0 Å². The highest BCUT2D eigenvalue weighted by atomic mass is 35.5. The summed E-state index contributed by atoms with van der Waals surface area (Å²) in [5.74, 6) is 1.60. The Morgan fingerprint density at radius 2 is 1.81 bits per heavy atom. The number of halogens is 1. The van der Waals surface area contributed by atoms with Gasteiger partial charge in [0.25, 0.3) is 0 Å². The fourth-order valence-corrected chi connectivity index (χ4v) is 2.86. The predicted octanol–water partition coefficient (Wildman–Crippen LogP) is 4.73. The van der Waals surface area contributed by atoms with Gasteiger partial charge >= 0.3 is 0 Å². The molecule has 0 unspecified atom stereocenters. The molecule has 108 valence electrons. The lowest BCUT2D eigenvalue weighted by atomic mass is 10.1. The SMILES string of the molecule is Cc1ccc(-n2c(CCCl)nc3c(C)cccc32)cc1C. The van der Waals surface area contributed by atoms with Gasteiger partial charge in [0.1, 0.15) is 5.82 Å². The van der Waals surface area contributed by atoms with Crippen molar-refractivity contribution in [2.75, 3.05) is 5.88 Å². The fourth-order valence-electron chi connectivity index (χ4n) is 2.69. The number of imidazole rings is 1. The van der Waals surface area contributed by atoms with Gasteiger partial charge in [0.05, 0.1) is 11.0 Å². The third-order valence-electron chi connectivity index (χ3n) is 4.02. The van der Waals surface area contributed by atoms with Gasteiger partial charge in [-0.05, 0) is 55.7 Å². The molecule has 0 atom stereocenters. The molecule has 2 nitrogen and oxygen atoms in total. The number of nitrogens with zero attached hydrogens (tertiary/aromatic N) is 2. The molecule has 2 aromatic carbocycles. The minimum absolute atomic E-state index is 0.577. The van der Waals surface area contributed by atoms with E-state index < -0.39 is 0 Å². The minimum atomic E-state index is 0.577. The molecule has 1 heterocycles. The van der Waals surface area contributed by atoms with E-state index in [1.54, 1.807) is 0 Å². The quantitative estimate of drug-likeness (QED) is 0.639. The molecule has 0 amide bonds. The van der Waals surface area contributed by atoms with Crippen LogP contribution in [0, 0.1) is 20.8 Å². The first kappa shape index (κ1) is 14.2. The van der Waals surface area contributed by atoms with E-state index in [0.29, 0.717) is 5.88 Å². The van der Waals surface area contributed by atoms with E-state index in [4.69, 9.17) is 16.6 Å². The van der Waals surface area contributed by atoms with Crippen LogP contribution in [0.4, 0.5) is 0 Å². The first-order chi connectivity index (χ1) is 10.1. The number of aromatic nitrogens is 2. The molecular formula is C18H19ClN2. The number of hydrogen-bond acceptors (Lipinski definition) is 1. The van der Waals surface area contributed by atoms with Crippen LogP contribution in [0.15, 0.2) is 36.4 Å². The molecule has 0 aliphatic heterocycles. The molecule has 0 aliphatic rings. The minimum Gasteiger partial charge on any atom is -0.296 e. The van der Waals surface area contributed by atoms with Crippen LogP contribution in [0.3, 0.4) is 0 Å². The van der Waals surface area contributed by atoms with Crippen molar-refractivity contribution >= 4 is 22.6 Å². The lowest BCUT2D eigenvalue weighted by Crippen LogP contribution is -2.02. The van der Waals surface area contributed by atoms with Crippen molar-refractivity contribution in [1.29, 1.82) is 0 Å². The second-order valence-electron chi connectivity index (χ2n) is 5.51. The van der Waals surface area contributed by atoms with Crippen molar-refractivity contribution in [1.82, 2.24) is 9.55 Å². The molecular weight excluding hydrogens is 280 g/mol. The molecule has 0 fully saturated rings. The molecule has 0 bridgehead atoms. The summed E-state index contributed by atoms with van der Waals surface area (Å²) in [6.45, 7) is 6.38. The molecule has 3 rings (SSSR count). The normalized spacial score (nSPS) is 11.2. The summed E-state index contributed by atoms with van der Waals surface area (Å²) in [6.07, 6.45) is 0.766. The molecule has 0 N–H and O–H groups in total. The maximum atomic E-state index is 5.97. The molecule has 0 saturated carbocycles. The summed E-state index contributed by atoms with van der Waals surface area (Å²) >= 11 is 5.97. The van der Waals surface area contributed by atoms with Crippen LogP contribution in [-0.2, 0) is 6.42 Å². The average Bonchev–Trinajstić information content (AvgIpc) is 2.82. The molecule has 0 spiro atoms. The Balaban J connectivity index is 2.30. The van der Waals surface area contributed by atoms with Crippen LogP contribution in [0.2, 0.25) is 0 Å². The molecule has 3 heteroatoms. The number of benzene rings is 2. The fraction of sp³-hybridized carbons (Fsp3) is 0.278. The Morgan fingerprint density at radius 1 is 1.00 bits per heavy atom. The zero-order valence-electron chi connectivity index (χ0n) is 12.7. The van der Waals surface area contributed by atoms with Crippen LogP contribution in [0.5, 0.6) is 0 Å². The van der Waals surface area contributed by atoms with Gasteiger partial charge < -0.3 is 0 Å². The average molecular weight is 299 g/mol. The summed E-state index contributed by atoms with van der Waals surface area (Å²) in [7, 11) is 0. The second kappa shape index (κ2) is 5.53. The Bertz CT molecular complexity index is 802. The lowest BCUT2D eigenvalue weighted by molar-refractivity contribution is 0.910. The van der Waals surface area contributed by atoms with Crippen LogP contribution in [0.25, 0.3) is 16.7 Å². The molecule has 0 radical (unpaired) electrons. The molecule has 21 heavy (non-hydrogen) atoms. The van der Waals surface area contributed by atoms with E-state index in [1.807, 2.05) is 0 Å². The Labute approximate surface area is 130 Å². The number of fused-ring (bicyclic) bond motifs is 1. The van der Waals surface area contributed by atoms with Crippen LogP contribution in [-0.4, -0.2) is 15.4 Å². The summed E-state index contributed by atoms with van der Waals surface area (Å²) in [4.78, 5) is 4.81. The molecule has 3 aromatic rings. The Kier molecular flexibility index (Phi) is 3.73. The van der Waals surface area contributed by atoms with E-state index in [0.717, 1.165) is 29.0 Å². The zero-order valence-corrected chi connectivity index (χ0v) is 13.4. The standard InChI is InChI=1S/C18H19ClN2/c1-12-7-8-15(11-14(12)3)21-16-6-4-5-13(2)18(16)20-17(21)9-10-19/h4-8,11H,9-10H2,1-3H3. The monoisotopic (exact) mass is 298 g/mol. The van der Waals surface area contributed by atoms with Gasteiger partial charge in [-0.25, -0.2) is 4.98 Å². The maximum Gasteiger partial charge on any atom is 0.115 e. The molecule has 1 aromatic heterocycles. The predicted molar refractivity (Wildman–Crippen MR) is 89.7 cm³/mol. The van der Waals surface area contributed by atoms with Crippen molar-refractivity contribution in [3.05, 3.63) is 58.9 Å². The first-order valence-corrected chi connectivity index (χ1v) is 7.76. The van der Waals surface area contributed by atoms with Gasteiger partial charge in [-0.3, -0.25) is 4.57 Å². The van der Waals surface area contributed by atoms with Crippen molar-refractivity contribution in [3.63, 3.8) is 0 Å². The van der Waals surface area contributed by atoms with Gasteiger partial charge in [-0.15, -0.1) is 11.6 Å². The first-order valence-electron chi connectivity index (χ1n) is 7.22. The Hall–Kier alpha value is -1.80. The van der Waals surface area contributed by atoms with Gasteiger partial charge in [-0.1, -0.05) is 18.2 Å². The van der Waals surface area contributed by atoms with Gasteiger partial charge in [0.15, 0.2) is 0 Å². The van der Waals surface area contributed by atoms with E-state index in [9.17, 15) is 0 Å². The van der Waals surface area contributed by atoms with Crippen molar-refractivity contribution < 1.29 is 0 Å². The smallest absolute Gasteiger partial charge is 0.115 e. The van der Waals surface area contributed by atoms with E-state index >= 15 is 0 Å². The molecule has 0 aliphatic carbocycles. The number of alkyl halides is 1. The highest BCUT2D eigenvalue weighted by Gasteiger charge is 2.13. The number of aryl methyl sites for hydroxylation is 4. The summed E-state index contributed by atoms with van der Waals surface area (Å²) in [6, 6.07) is 12.9. The van der Waals surface area contributed by atoms with Gasteiger partial charge in [0, 0.05) is 18.0 Å². The third-order valence-corrected chi connectivity index (χ3v) is 4.21. The van der Waals surface area contributed by atoms with Gasteiger partial charge in [0.2, 0.25) is 0 Å². The summed E-state index contributed by atoms with van der Waals surface area (Å²) < 4.78 is 2.23. The van der Waals surface area contributed by atoms with Gasteiger partial charge in [-0.2, -0.15) is 0 Å². The zero-order chi connectivity index (χ0) is 15.0. The number of para-hydroxylation sites is 1. The van der Waals surface area contributed by atoms with Crippen molar-refractivity contribution in [3.8, 4) is 5.69 Å². The van der Waals surface area contributed by atoms with Crippen LogP contribution in [0.1, 0.15) is 22.5 Å². The van der Waals surface area contributed by atoms with E-state index in [1.165, 1.54) is 16.7 Å². The number of hydrogen-bond donors (Lipinski definition) is 0. The Morgan fingerprint density at radius 3 is 2.52 bits per heavy atom. The number of rotatable bonds is 3. The lowest BCUT2D eigenvalue weighted by Gasteiger charge is -2.11. The van der Waals surface area contributed by atoms with E-state index in [-0.39, 0.29) is 0 Å². The highest BCUT2D eigenvalue weighted by molar-refractivity contribution is 6.17. The third kappa shape index (κ3) is 2.44. The summed E-state index contributed by atoms with van der Waals surface area (Å²) in [5, 5.41) is 0. The van der Waals surface area contributed by atoms with E-state index in [2.05, 4.69) is 61.7 Å². The largest absolute Gasteiger partial charge is 0.296 e. The van der Waals surface area contributed by atoms with Crippen molar-refractivity contribution in [2.45, 2.75) is 27.2 Å².